The van der Waals surface area contributed by atoms with Crippen molar-refractivity contribution in [2.75, 3.05) is 26.7 Å². The molecule has 0 aromatic heterocycles. The van der Waals surface area contributed by atoms with E-state index in [0.717, 1.165) is 5.56 Å². The molecule has 3 rings (SSSR count). The molecule has 2 aromatic carbocycles. The number of carbonyl (C=O) groups is 1. The van der Waals surface area contributed by atoms with Crippen LogP contribution in [0.25, 0.3) is 0 Å². The Morgan fingerprint density at radius 3 is 2.73 bits per heavy atom. The maximum atomic E-state index is 13.2. The van der Waals surface area contributed by atoms with Gasteiger partial charge < -0.3 is 10.1 Å². The quantitative estimate of drug-likeness (QED) is 0.806. The van der Waals surface area contributed by atoms with Gasteiger partial charge in [-0.15, -0.1) is 0 Å². The van der Waals surface area contributed by atoms with Crippen LogP contribution in [0.15, 0.2) is 53.4 Å². The Balaban J connectivity index is 2.00. The molecule has 0 amide bonds. The number of halogens is 1. The number of ether oxygens (including phenoxy) is 1. The van der Waals surface area contributed by atoms with Gasteiger partial charge >= 0.3 is 5.97 Å². The van der Waals surface area contributed by atoms with Crippen molar-refractivity contribution in [1.82, 2.24) is 9.62 Å². The third kappa shape index (κ3) is 3.76. The predicted molar refractivity (Wildman–Crippen MR) is 98.7 cm³/mol. The van der Waals surface area contributed by atoms with E-state index >= 15 is 0 Å². The summed E-state index contributed by atoms with van der Waals surface area (Å²) in [7, 11) is -2.54. The molecule has 0 aliphatic carbocycles. The lowest BCUT2D eigenvalue weighted by atomic mass is 10.1. The Morgan fingerprint density at radius 1 is 1.23 bits per heavy atom. The van der Waals surface area contributed by atoms with Gasteiger partial charge in [-0.1, -0.05) is 29.8 Å². The zero-order valence-corrected chi connectivity index (χ0v) is 15.8. The first-order valence-corrected chi connectivity index (χ1v) is 9.91. The van der Waals surface area contributed by atoms with Crippen molar-refractivity contribution in [3.8, 4) is 0 Å². The van der Waals surface area contributed by atoms with Crippen LogP contribution in [0.1, 0.15) is 22.0 Å². The monoisotopic (exact) mass is 394 g/mol. The van der Waals surface area contributed by atoms with Crippen LogP contribution in [0.2, 0.25) is 5.02 Å². The molecule has 0 saturated carbocycles. The van der Waals surface area contributed by atoms with Gasteiger partial charge in [-0.3, -0.25) is 0 Å². The minimum absolute atomic E-state index is 0.0642. The number of benzene rings is 2. The van der Waals surface area contributed by atoms with Crippen molar-refractivity contribution in [2.45, 2.75) is 10.9 Å². The molecule has 26 heavy (non-hydrogen) atoms. The fraction of sp³-hybridized carbons (Fsp3) is 0.278. The molecular formula is C18H19ClN2O4S. The number of nitrogens with one attached hydrogen (secondary N) is 1. The number of esters is 1. The van der Waals surface area contributed by atoms with Gasteiger partial charge in [-0.25, -0.2) is 13.2 Å². The van der Waals surface area contributed by atoms with Crippen molar-refractivity contribution in [3.63, 3.8) is 0 Å². The van der Waals surface area contributed by atoms with Crippen LogP contribution in [0, 0.1) is 0 Å². The smallest absolute Gasteiger partial charge is 0.337 e. The normalized spacial score (nSPS) is 18.5. The van der Waals surface area contributed by atoms with Gasteiger partial charge in [-0.05, 0) is 35.9 Å². The second-order valence-corrected chi connectivity index (χ2v) is 8.24. The molecule has 2 aromatic rings. The molecule has 0 radical (unpaired) electrons. The van der Waals surface area contributed by atoms with Crippen molar-refractivity contribution in [3.05, 3.63) is 64.7 Å². The zero-order valence-electron chi connectivity index (χ0n) is 14.2. The van der Waals surface area contributed by atoms with E-state index in [1.807, 2.05) is 6.07 Å². The highest BCUT2D eigenvalue weighted by atomic mass is 35.5. The maximum absolute atomic E-state index is 13.2. The summed E-state index contributed by atoms with van der Waals surface area (Å²) in [4.78, 5) is 11.8. The Bertz CT molecular complexity index is 917. The van der Waals surface area contributed by atoms with Gasteiger partial charge in [0, 0.05) is 24.7 Å². The van der Waals surface area contributed by atoms with E-state index < -0.39 is 16.0 Å². The van der Waals surface area contributed by atoms with E-state index in [4.69, 9.17) is 11.6 Å². The standard InChI is InChI=1S/C18H19ClN2O4S/c1-25-18(22)14-5-3-7-16(11-14)26(23,24)21-9-8-20-12-17(21)13-4-2-6-15(19)10-13/h2-7,10-11,17,20H,8-9,12H2,1H3. The molecule has 138 valence electrons. The third-order valence-electron chi connectivity index (χ3n) is 4.29. The number of nitrogens with zero attached hydrogens (tertiary/aromatic N) is 1. The van der Waals surface area contributed by atoms with Gasteiger partial charge in [0.2, 0.25) is 10.0 Å². The van der Waals surface area contributed by atoms with E-state index in [0.29, 0.717) is 24.7 Å². The molecule has 1 aliphatic rings. The highest BCUT2D eigenvalue weighted by molar-refractivity contribution is 7.89. The molecule has 6 nitrogen and oxygen atoms in total. The number of methoxy groups -OCH3 is 1. The molecule has 1 heterocycles. The van der Waals surface area contributed by atoms with Crippen LogP contribution in [0.3, 0.4) is 0 Å². The summed E-state index contributed by atoms with van der Waals surface area (Å²) < 4.78 is 32.6. The van der Waals surface area contributed by atoms with Crippen molar-refractivity contribution in [2.24, 2.45) is 0 Å². The number of carbonyl (C=O) groups excluding carboxylic acids is 1. The number of rotatable bonds is 4. The van der Waals surface area contributed by atoms with Crippen LogP contribution in [-0.4, -0.2) is 45.4 Å². The van der Waals surface area contributed by atoms with Crippen LogP contribution in [0.4, 0.5) is 0 Å². The molecule has 1 unspecified atom stereocenters. The van der Waals surface area contributed by atoms with Gasteiger partial charge in [-0.2, -0.15) is 4.31 Å². The minimum atomic E-state index is -3.79. The average molecular weight is 395 g/mol. The van der Waals surface area contributed by atoms with E-state index in [9.17, 15) is 13.2 Å². The SMILES string of the molecule is COC(=O)c1cccc(S(=O)(=O)N2CCNCC2c2cccc(Cl)c2)c1. The predicted octanol–water partition coefficient (Wildman–Crippen LogP) is 2.46. The molecule has 1 fully saturated rings. The van der Waals surface area contributed by atoms with Gasteiger partial charge in [0.1, 0.15) is 0 Å². The van der Waals surface area contributed by atoms with E-state index in [2.05, 4.69) is 10.1 Å². The number of piperazine rings is 1. The summed E-state index contributed by atoms with van der Waals surface area (Å²) in [5.41, 5.74) is 1.01. The van der Waals surface area contributed by atoms with Crippen molar-refractivity contribution >= 4 is 27.6 Å². The Hall–Kier alpha value is -1.93. The Morgan fingerprint density at radius 2 is 2.00 bits per heavy atom. The number of hydrogen-bond acceptors (Lipinski definition) is 5. The van der Waals surface area contributed by atoms with E-state index in [1.54, 1.807) is 18.2 Å². The second-order valence-electron chi connectivity index (χ2n) is 5.91. The largest absolute Gasteiger partial charge is 0.465 e. The summed E-state index contributed by atoms with van der Waals surface area (Å²) in [6.45, 7) is 1.35. The first-order valence-electron chi connectivity index (χ1n) is 8.10. The van der Waals surface area contributed by atoms with Crippen LogP contribution >= 0.6 is 11.6 Å². The number of sulfonamides is 1. The first kappa shape index (κ1) is 18.8. The highest BCUT2D eigenvalue weighted by Crippen LogP contribution is 2.30. The topological polar surface area (TPSA) is 75.7 Å². The fourth-order valence-electron chi connectivity index (χ4n) is 3.01. The Labute approximate surface area is 157 Å². The lowest BCUT2D eigenvalue weighted by Crippen LogP contribution is -2.48. The minimum Gasteiger partial charge on any atom is -0.465 e. The molecule has 0 spiro atoms. The van der Waals surface area contributed by atoms with Gasteiger partial charge in [0.05, 0.1) is 23.6 Å². The summed E-state index contributed by atoms with van der Waals surface area (Å²) in [6.07, 6.45) is 0. The summed E-state index contributed by atoms with van der Waals surface area (Å²) in [6, 6.07) is 12.7. The summed E-state index contributed by atoms with van der Waals surface area (Å²) in [5, 5.41) is 3.78. The molecule has 0 bridgehead atoms. The van der Waals surface area contributed by atoms with Gasteiger partial charge in [0.25, 0.3) is 0 Å². The first-order chi connectivity index (χ1) is 12.4. The Kier molecular flexibility index (Phi) is 5.62. The third-order valence-corrected chi connectivity index (χ3v) is 6.43. The van der Waals surface area contributed by atoms with E-state index in [-0.39, 0.29) is 16.5 Å². The maximum Gasteiger partial charge on any atom is 0.337 e. The fourth-order valence-corrected chi connectivity index (χ4v) is 4.87. The van der Waals surface area contributed by atoms with Crippen LogP contribution in [-0.2, 0) is 14.8 Å². The number of hydrogen-bond donors (Lipinski definition) is 1. The van der Waals surface area contributed by atoms with Crippen LogP contribution < -0.4 is 5.32 Å². The molecule has 1 aliphatic heterocycles. The highest BCUT2D eigenvalue weighted by Gasteiger charge is 2.34. The molecule has 1 saturated heterocycles. The molecule has 1 N–H and O–H groups in total. The lowest BCUT2D eigenvalue weighted by Gasteiger charge is -2.35. The molecular weight excluding hydrogens is 376 g/mol. The molecule has 8 heteroatoms. The van der Waals surface area contributed by atoms with Crippen molar-refractivity contribution in [1.29, 1.82) is 0 Å². The van der Waals surface area contributed by atoms with Gasteiger partial charge in [0.15, 0.2) is 0 Å². The average Bonchev–Trinajstić information content (AvgIpc) is 2.67. The van der Waals surface area contributed by atoms with Crippen molar-refractivity contribution < 1.29 is 17.9 Å². The molecule has 1 atom stereocenters. The zero-order chi connectivity index (χ0) is 18.7. The summed E-state index contributed by atoms with van der Waals surface area (Å²) in [5.74, 6) is -0.575. The lowest BCUT2D eigenvalue weighted by molar-refractivity contribution is 0.0600. The summed E-state index contributed by atoms with van der Waals surface area (Å²) >= 11 is 6.07. The van der Waals surface area contributed by atoms with E-state index in [1.165, 1.54) is 35.7 Å². The van der Waals surface area contributed by atoms with Crippen LogP contribution in [0.5, 0.6) is 0 Å². The second kappa shape index (κ2) is 7.75.